The summed E-state index contributed by atoms with van der Waals surface area (Å²) in [4.78, 5) is 28.5. The topological polar surface area (TPSA) is 91.4 Å². The highest BCUT2D eigenvalue weighted by molar-refractivity contribution is 5.94. The van der Waals surface area contributed by atoms with Crippen LogP contribution in [0, 0.1) is 5.92 Å². The number of nitrogens with one attached hydrogen (secondary N) is 2. The van der Waals surface area contributed by atoms with E-state index in [2.05, 4.69) is 16.4 Å². The minimum Gasteiger partial charge on any atom is -0.493 e. The summed E-state index contributed by atoms with van der Waals surface area (Å²) in [5.41, 5.74) is 4.06. The molecule has 1 amide bonds. The van der Waals surface area contributed by atoms with Crippen molar-refractivity contribution in [3.8, 4) is 5.75 Å². The number of pyridine rings is 1. The van der Waals surface area contributed by atoms with E-state index in [9.17, 15) is 14.7 Å². The lowest BCUT2D eigenvalue weighted by Crippen LogP contribution is -2.42. The van der Waals surface area contributed by atoms with Gasteiger partial charge in [0, 0.05) is 12.1 Å². The zero-order chi connectivity index (χ0) is 20.0. The highest BCUT2D eigenvalue weighted by Gasteiger charge is 2.36. The molecule has 6 heteroatoms. The molecule has 1 fully saturated rings. The van der Waals surface area contributed by atoms with Crippen LogP contribution in [0.4, 0.5) is 0 Å². The summed E-state index contributed by atoms with van der Waals surface area (Å²) in [6.45, 7) is 0.683. The quantitative estimate of drug-likeness (QED) is 0.743. The van der Waals surface area contributed by atoms with Crippen molar-refractivity contribution < 1.29 is 14.6 Å². The van der Waals surface area contributed by atoms with Gasteiger partial charge in [-0.3, -0.25) is 9.59 Å². The Balaban J connectivity index is 1.43. The molecule has 6 nitrogen and oxygen atoms in total. The van der Waals surface area contributed by atoms with E-state index in [4.69, 9.17) is 4.74 Å². The number of fused-ring (bicyclic) bond motifs is 2. The fraction of sp³-hybridized carbons (Fsp3) is 0.478. The van der Waals surface area contributed by atoms with Gasteiger partial charge in [0.1, 0.15) is 11.3 Å². The highest BCUT2D eigenvalue weighted by Crippen LogP contribution is 2.40. The molecule has 5 rings (SSSR count). The van der Waals surface area contributed by atoms with Gasteiger partial charge in [0.05, 0.1) is 18.8 Å². The molecule has 2 aliphatic carbocycles. The molecule has 1 saturated carbocycles. The first-order chi connectivity index (χ1) is 14.1. The molecule has 0 saturated heterocycles. The van der Waals surface area contributed by atoms with E-state index in [-0.39, 0.29) is 35.1 Å². The predicted molar refractivity (Wildman–Crippen MR) is 108 cm³/mol. The number of hydrogen-bond donors (Lipinski definition) is 3. The fourth-order valence-electron chi connectivity index (χ4n) is 4.84. The molecule has 29 heavy (non-hydrogen) atoms. The van der Waals surface area contributed by atoms with Crippen LogP contribution in [0.3, 0.4) is 0 Å². The normalized spacial score (nSPS) is 23.3. The number of aliphatic hydroxyl groups is 1. The van der Waals surface area contributed by atoms with Gasteiger partial charge in [-0.1, -0.05) is 6.07 Å². The molecule has 1 aromatic heterocycles. The molecule has 1 atom stereocenters. The van der Waals surface area contributed by atoms with Gasteiger partial charge < -0.3 is 20.1 Å². The van der Waals surface area contributed by atoms with E-state index < -0.39 is 0 Å². The highest BCUT2D eigenvalue weighted by atomic mass is 16.5. The zero-order valence-electron chi connectivity index (χ0n) is 16.4. The number of ether oxygens (including phenoxy) is 1. The van der Waals surface area contributed by atoms with Crippen LogP contribution in [0.2, 0.25) is 0 Å². The first-order valence-corrected chi connectivity index (χ1v) is 10.6. The number of aromatic amines is 1. The molecule has 0 bridgehead atoms. The Morgan fingerprint density at radius 3 is 2.79 bits per heavy atom. The third-order valence-corrected chi connectivity index (χ3v) is 6.56. The number of rotatable bonds is 4. The van der Waals surface area contributed by atoms with Crippen molar-refractivity contribution in [2.24, 2.45) is 5.92 Å². The lowest BCUT2D eigenvalue weighted by molar-refractivity contribution is 0.0235. The van der Waals surface area contributed by atoms with Crippen LogP contribution in [0.1, 0.15) is 64.5 Å². The van der Waals surface area contributed by atoms with Crippen molar-refractivity contribution in [3.05, 3.63) is 62.6 Å². The predicted octanol–water partition coefficient (Wildman–Crippen LogP) is 2.43. The fourth-order valence-corrected chi connectivity index (χ4v) is 4.84. The number of aryl methyl sites for hydroxylation is 2. The molecular weight excluding hydrogens is 368 g/mol. The second-order valence-electron chi connectivity index (χ2n) is 8.53. The molecule has 0 spiro atoms. The second-order valence-corrected chi connectivity index (χ2v) is 8.53. The maximum atomic E-state index is 13.1. The van der Waals surface area contributed by atoms with Gasteiger partial charge in [0.25, 0.3) is 11.5 Å². The molecule has 1 aromatic carbocycles. The minimum absolute atomic E-state index is 0.158. The van der Waals surface area contributed by atoms with E-state index in [1.807, 2.05) is 12.1 Å². The smallest absolute Gasteiger partial charge is 0.261 e. The molecule has 3 aliphatic rings. The van der Waals surface area contributed by atoms with Crippen molar-refractivity contribution in [1.82, 2.24) is 10.3 Å². The van der Waals surface area contributed by atoms with Crippen molar-refractivity contribution >= 4 is 5.91 Å². The van der Waals surface area contributed by atoms with E-state index in [0.717, 1.165) is 60.2 Å². The van der Waals surface area contributed by atoms with Gasteiger partial charge in [0.2, 0.25) is 0 Å². The number of carbonyl (C=O) groups is 1. The molecule has 152 valence electrons. The third kappa shape index (κ3) is 3.46. The Labute approximate surface area is 169 Å². The van der Waals surface area contributed by atoms with Crippen molar-refractivity contribution in [3.63, 3.8) is 0 Å². The Morgan fingerprint density at radius 2 is 1.97 bits per heavy atom. The van der Waals surface area contributed by atoms with Crippen molar-refractivity contribution in [1.29, 1.82) is 0 Å². The molecule has 2 aromatic rings. The van der Waals surface area contributed by atoms with Crippen LogP contribution in [0.15, 0.2) is 29.1 Å². The van der Waals surface area contributed by atoms with Crippen LogP contribution in [-0.2, 0) is 19.3 Å². The van der Waals surface area contributed by atoms with E-state index in [1.54, 1.807) is 6.07 Å². The largest absolute Gasteiger partial charge is 0.493 e. The molecule has 0 radical (unpaired) electrons. The third-order valence-electron chi connectivity index (χ3n) is 6.56. The monoisotopic (exact) mass is 394 g/mol. The van der Waals surface area contributed by atoms with Gasteiger partial charge in [-0.15, -0.1) is 0 Å². The van der Waals surface area contributed by atoms with E-state index in [1.165, 1.54) is 0 Å². The number of aliphatic hydroxyl groups excluding tert-OH is 1. The van der Waals surface area contributed by atoms with Crippen LogP contribution in [0.25, 0.3) is 0 Å². The molecule has 2 heterocycles. The van der Waals surface area contributed by atoms with Gasteiger partial charge in [0.15, 0.2) is 0 Å². The first kappa shape index (κ1) is 18.4. The second kappa shape index (κ2) is 7.34. The number of carbonyl (C=O) groups excluding carboxylic acids is 1. The number of aromatic nitrogens is 1. The summed E-state index contributed by atoms with van der Waals surface area (Å²) < 4.78 is 5.60. The van der Waals surface area contributed by atoms with Crippen LogP contribution in [0.5, 0.6) is 5.75 Å². The maximum absolute atomic E-state index is 13.1. The Bertz CT molecular complexity index is 1010. The van der Waals surface area contributed by atoms with Crippen LogP contribution < -0.4 is 15.6 Å². The van der Waals surface area contributed by atoms with Gasteiger partial charge in [-0.25, -0.2) is 0 Å². The van der Waals surface area contributed by atoms with Gasteiger partial charge in [-0.2, -0.15) is 0 Å². The summed E-state index contributed by atoms with van der Waals surface area (Å²) in [5, 5.41) is 12.9. The average molecular weight is 394 g/mol. The van der Waals surface area contributed by atoms with E-state index >= 15 is 0 Å². The summed E-state index contributed by atoms with van der Waals surface area (Å²) in [6.07, 6.45) is 5.77. The van der Waals surface area contributed by atoms with Crippen LogP contribution in [-0.4, -0.2) is 28.7 Å². The number of hydrogen-bond acceptors (Lipinski definition) is 4. The summed E-state index contributed by atoms with van der Waals surface area (Å²) in [7, 11) is 0. The summed E-state index contributed by atoms with van der Waals surface area (Å²) in [6, 6.07) is 7.57. The average Bonchev–Trinajstić information content (AvgIpc) is 3.17. The SMILES string of the molecule is O=C(N[C@@H](c1ccc2c(c1)CCO2)C1CC(O)C1)c1cc2c([nH]c1=O)CCCC2. The lowest BCUT2D eigenvalue weighted by atomic mass is 9.74. The van der Waals surface area contributed by atoms with Crippen molar-refractivity contribution in [2.45, 2.75) is 57.1 Å². The summed E-state index contributed by atoms with van der Waals surface area (Å²) in [5.74, 6) is 0.715. The number of H-pyrrole nitrogens is 1. The number of benzene rings is 1. The van der Waals surface area contributed by atoms with Gasteiger partial charge in [-0.05, 0) is 79.3 Å². The van der Waals surface area contributed by atoms with Crippen molar-refractivity contribution in [2.75, 3.05) is 6.61 Å². The minimum atomic E-state index is -0.345. The first-order valence-electron chi connectivity index (χ1n) is 10.6. The lowest BCUT2D eigenvalue weighted by Gasteiger charge is -2.38. The molecule has 1 aliphatic heterocycles. The summed E-state index contributed by atoms with van der Waals surface area (Å²) >= 11 is 0. The zero-order valence-corrected chi connectivity index (χ0v) is 16.4. The van der Waals surface area contributed by atoms with E-state index in [0.29, 0.717) is 19.4 Å². The molecule has 0 unspecified atom stereocenters. The number of amides is 1. The standard InChI is InChI=1S/C23H26N2O4/c26-17-10-16(11-17)21(15-5-6-20-14(9-15)7-8-29-20)25-23(28)18-12-13-3-1-2-4-19(13)24-22(18)27/h5-6,9,12,16-17,21,26H,1-4,7-8,10-11H2,(H,24,27)(H,25,28)/t16?,17?,21-/m0/s1. The Morgan fingerprint density at radius 1 is 1.14 bits per heavy atom. The van der Waals surface area contributed by atoms with Gasteiger partial charge >= 0.3 is 0 Å². The molecule has 3 N–H and O–H groups in total. The van der Waals surface area contributed by atoms with Crippen LogP contribution >= 0.6 is 0 Å². The maximum Gasteiger partial charge on any atom is 0.261 e. The Hall–Kier alpha value is -2.60. The Kier molecular flexibility index (Phi) is 4.66. The molecular formula is C23H26N2O4.